The maximum atomic E-state index is 10.7. The molecule has 20 N–H and O–H groups in total. The molecule has 0 heterocycles. The first-order valence-corrected chi connectivity index (χ1v) is 14.3. The van der Waals surface area contributed by atoms with E-state index in [0.717, 1.165) is 5.57 Å². The van der Waals surface area contributed by atoms with Crippen LogP contribution in [-0.4, -0.2) is 242 Å². The molecule has 0 radical (unpaired) electrons. The summed E-state index contributed by atoms with van der Waals surface area (Å²) in [7, 11) is 1.38. The molecule has 0 aromatic carbocycles. The lowest BCUT2D eigenvalue weighted by atomic mass is 10.2. The minimum absolute atomic E-state index is 0.241. The number of allylic oxidation sites excluding steroid dienone is 1. The van der Waals surface area contributed by atoms with Gasteiger partial charge in [-0.05, 0) is 20.8 Å². The molecule has 49 heavy (non-hydrogen) atoms. The van der Waals surface area contributed by atoms with Crippen LogP contribution in [-0.2, 0) is 9.53 Å². The Hall–Kier alpha value is -1.59. The fourth-order valence-electron chi connectivity index (χ4n) is 1.57. The van der Waals surface area contributed by atoms with Crippen LogP contribution in [0.3, 0.4) is 0 Å². The van der Waals surface area contributed by atoms with Gasteiger partial charge in [-0.15, -0.1) is 0 Å². The van der Waals surface area contributed by atoms with E-state index < -0.39 is 127 Å². The summed E-state index contributed by atoms with van der Waals surface area (Å²) < 4.78 is 4.48. The van der Waals surface area contributed by atoms with Crippen molar-refractivity contribution in [2.24, 2.45) is 0 Å². The molecule has 0 aliphatic carbocycles. The lowest BCUT2D eigenvalue weighted by molar-refractivity contribution is -0.136. The minimum atomic E-state index is -1.22. The van der Waals surface area contributed by atoms with E-state index in [4.69, 9.17) is 102 Å². The van der Waals surface area contributed by atoms with Crippen LogP contribution in [0.4, 0.5) is 0 Å². The molecule has 0 saturated heterocycles. The molecular formula is C27H62O22. The first-order chi connectivity index (χ1) is 22.7. The van der Waals surface area contributed by atoms with Crippen LogP contribution in [0.2, 0.25) is 0 Å². The zero-order valence-corrected chi connectivity index (χ0v) is 28.1. The number of hydrogen-bond acceptors (Lipinski definition) is 22. The van der Waals surface area contributed by atoms with E-state index in [0.29, 0.717) is 5.57 Å². The lowest BCUT2D eigenvalue weighted by Gasteiger charge is -2.10. The number of rotatable bonds is 16. The molecule has 0 amide bonds. The fourth-order valence-corrected chi connectivity index (χ4v) is 1.57. The molecule has 22 nitrogen and oxygen atoms in total. The molecule has 10 atom stereocenters. The van der Waals surface area contributed by atoms with E-state index in [2.05, 4.69) is 4.74 Å². The van der Waals surface area contributed by atoms with Crippen LogP contribution in [0.1, 0.15) is 20.8 Å². The van der Waals surface area contributed by atoms with E-state index >= 15 is 0 Å². The summed E-state index contributed by atoms with van der Waals surface area (Å²) in [5.74, 6) is -0.241. The summed E-state index contributed by atoms with van der Waals surface area (Å²) in [5.41, 5.74) is 1.69. The quantitative estimate of drug-likeness (QED) is 0.0516. The highest BCUT2D eigenvalue weighted by molar-refractivity contribution is 5.88. The molecule has 0 bridgehead atoms. The van der Waals surface area contributed by atoms with Crippen molar-refractivity contribution in [2.75, 3.05) is 73.2 Å². The molecule has 0 rings (SSSR count). The van der Waals surface area contributed by atoms with Gasteiger partial charge in [0.05, 0.1) is 73.2 Å². The van der Waals surface area contributed by atoms with Crippen LogP contribution >= 0.6 is 0 Å². The summed E-state index contributed by atoms with van der Waals surface area (Å²) in [6.07, 6.45) is -12.2. The number of methoxy groups -OCH3 is 1. The summed E-state index contributed by atoms with van der Waals surface area (Å²) in [6.45, 7) is 0.253. The highest BCUT2D eigenvalue weighted by Crippen LogP contribution is 2.02. The third kappa shape index (κ3) is 39.1. The Morgan fingerprint density at radius 2 is 0.490 bits per heavy atom. The van der Waals surface area contributed by atoms with Crippen molar-refractivity contribution >= 4 is 5.97 Å². The molecule has 0 saturated carbocycles. The summed E-state index contributed by atoms with van der Waals surface area (Å²) in [4.78, 5) is 10.7. The van der Waals surface area contributed by atoms with Crippen molar-refractivity contribution in [1.29, 1.82) is 0 Å². The first-order valence-electron chi connectivity index (χ1n) is 14.3. The van der Waals surface area contributed by atoms with E-state index in [1.807, 2.05) is 13.8 Å². The number of ether oxygens (including phenoxy) is 1. The standard InChI is InChI=1S/C7H12O2.5C4H10O4/c1-5(2)6(3)7(8)9-4;5*5-1-3(7)4(8)2-6/h1-4H3;5*3-8H,1-2H2/t;5*3-,4+. The van der Waals surface area contributed by atoms with Gasteiger partial charge in [-0.3, -0.25) is 0 Å². The lowest BCUT2D eigenvalue weighted by Crippen LogP contribution is -2.31. The average molecular weight is 739 g/mol. The van der Waals surface area contributed by atoms with Crippen molar-refractivity contribution in [3.05, 3.63) is 11.1 Å². The molecule has 0 spiro atoms. The van der Waals surface area contributed by atoms with E-state index in [-0.39, 0.29) is 5.97 Å². The van der Waals surface area contributed by atoms with Crippen LogP contribution in [0, 0.1) is 0 Å². The summed E-state index contributed by atoms with van der Waals surface area (Å²) in [6, 6.07) is 0. The predicted octanol–water partition coefficient (Wildman–Crippen LogP) is -10.0. The van der Waals surface area contributed by atoms with Crippen LogP contribution < -0.4 is 0 Å². The van der Waals surface area contributed by atoms with Gasteiger partial charge < -0.3 is 107 Å². The number of aliphatic hydroxyl groups excluding tert-OH is 20. The molecule has 0 fully saturated rings. The highest BCUT2D eigenvalue weighted by Gasteiger charge is 2.14. The molecule has 22 heteroatoms. The summed E-state index contributed by atoms with van der Waals surface area (Å²) in [5, 5.41) is 166. The molecule has 302 valence electrons. The number of esters is 1. The van der Waals surface area contributed by atoms with Gasteiger partial charge >= 0.3 is 5.97 Å². The zero-order valence-electron chi connectivity index (χ0n) is 28.1. The molecule has 0 aromatic heterocycles. The van der Waals surface area contributed by atoms with E-state index in [9.17, 15) is 4.79 Å². The maximum Gasteiger partial charge on any atom is 0.333 e. The smallest absolute Gasteiger partial charge is 0.333 e. The van der Waals surface area contributed by atoms with E-state index in [1.165, 1.54) is 7.11 Å². The van der Waals surface area contributed by atoms with Gasteiger partial charge in [0.1, 0.15) is 61.0 Å². The normalized spacial score (nSPS) is 16.2. The predicted molar refractivity (Wildman–Crippen MR) is 167 cm³/mol. The summed E-state index contributed by atoms with van der Waals surface area (Å²) >= 11 is 0. The third-order valence-electron chi connectivity index (χ3n) is 5.33. The van der Waals surface area contributed by atoms with Crippen molar-refractivity contribution in [3.63, 3.8) is 0 Å². The Labute approximate surface area is 284 Å². The van der Waals surface area contributed by atoms with Gasteiger partial charge in [0.2, 0.25) is 0 Å². The Morgan fingerprint density at radius 3 is 0.531 bits per heavy atom. The van der Waals surface area contributed by atoms with Crippen molar-refractivity contribution in [3.8, 4) is 0 Å². The maximum absolute atomic E-state index is 10.7. The van der Waals surface area contributed by atoms with Crippen LogP contribution in [0.25, 0.3) is 0 Å². The van der Waals surface area contributed by atoms with Gasteiger partial charge in [-0.1, -0.05) is 5.57 Å². The van der Waals surface area contributed by atoms with Crippen LogP contribution in [0.5, 0.6) is 0 Å². The number of aliphatic hydroxyl groups is 20. The second-order valence-corrected chi connectivity index (χ2v) is 9.62. The Kier molecular flexibility index (Phi) is 49.6. The van der Waals surface area contributed by atoms with Gasteiger partial charge in [-0.2, -0.15) is 0 Å². The SMILES string of the molecule is COC(=O)C(C)=C(C)C.OC[C@@H](O)[C@@H](O)CO.OC[C@@H](O)[C@@H](O)CO.OC[C@@H](O)[C@@H](O)CO.OC[C@@H](O)[C@@H](O)CO.OC[C@@H](O)[C@@H](O)CO. The second-order valence-electron chi connectivity index (χ2n) is 9.62. The van der Waals surface area contributed by atoms with Crippen molar-refractivity contribution in [1.82, 2.24) is 0 Å². The van der Waals surface area contributed by atoms with Crippen molar-refractivity contribution in [2.45, 2.75) is 81.8 Å². The van der Waals surface area contributed by atoms with Gasteiger partial charge in [0, 0.05) is 5.57 Å². The molecule has 0 unspecified atom stereocenters. The zero-order chi connectivity index (χ0) is 40.3. The molecule has 0 aromatic rings. The monoisotopic (exact) mass is 738 g/mol. The molecule has 0 aliphatic heterocycles. The minimum Gasteiger partial charge on any atom is -0.466 e. The molecular weight excluding hydrogens is 676 g/mol. The second kappa shape index (κ2) is 40.8. The number of hydrogen-bond donors (Lipinski definition) is 20. The average Bonchev–Trinajstić information content (AvgIpc) is 3.14. The van der Waals surface area contributed by atoms with Gasteiger partial charge in [0.15, 0.2) is 0 Å². The number of carbonyl (C=O) groups excluding carboxylic acids is 1. The topological polar surface area (TPSA) is 431 Å². The van der Waals surface area contributed by atoms with Crippen LogP contribution in [0.15, 0.2) is 11.1 Å². The van der Waals surface area contributed by atoms with Gasteiger partial charge in [0.25, 0.3) is 0 Å². The molecule has 0 aliphatic rings. The largest absolute Gasteiger partial charge is 0.466 e. The van der Waals surface area contributed by atoms with Gasteiger partial charge in [-0.25, -0.2) is 4.79 Å². The third-order valence-corrected chi connectivity index (χ3v) is 5.33. The van der Waals surface area contributed by atoms with E-state index in [1.54, 1.807) is 6.92 Å². The van der Waals surface area contributed by atoms with Crippen molar-refractivity contribution < 1.29 is 112 Å². The first kappa shape index (κ1) is 59.6. The number of carbonyl (C=O) groups is 1. The Balaban J connectivity index is -0.000000113. The highest BCUT2D eigenvalue weighted by atomic mass is 16.5. The Morgan fingerprint density at radius 1 is 0.367 bits per heavy atom. The fraction of sp³-hybridized carbons (Fsp3) is 0.889. The Bertz CT molecular complexity index is 579.